The second-order valence-corrected chi connectivity index (χ2v) is 4.40. The van der Waals surface area contributed by atoms with Crippen LogP contribution in [0, 0.1) is 0 Å². The standard InChI is InChI=1S/C10H10N4O2S/c1-6(15)7-3-4-8(11-5-7)17-10-13-12-9(16)14(10)2/h3-5H,1-2H3,(H,12,16). The number of Topliss-reactive ketones (excluding diaryl/α,β-unsaturated/α-hetero) is 1. The molecule has 1 N–H and O–H groups in total. The highest BCUT2D eigenvalue weighted by atomic mass is 32.2. The van der Waals surface area contributed by atoms with Crippen LogP contribution in [0.2, 0.25) is 0 Å². The van der Waals surface area contributed by atoms with E-state index in [-0.39, 0.29) is 11.5 Å². The minimum Gasteiger partial charge on any atom is -0.294 e. The van der Waals surface area contributed by atoms with Gasteiger partial charge in [-0.05, 0) is 30.8 Å². The molecule has 0 spiro atoms. The fourth-order valence-electron chi connectivity index (χ4n) is 1.17. The van der Waals surface area contributed by atoms with Gasteiger partial charge in [0.25, 0.3) is 0 Å². The molecule has 0 saturated heterocycles. The molecule has 0 atom stereocenters. The molecule has 0 amide bonds. The molecule has 2 aromatic heterocycles. The first-order valence-corrected chi connectivity index (χ1v) is 5.66. The van der Waals surface area contributed by atoms with E-state index in [4.69, 9.17) is 0 Å². The van der Waals surface area contributed by atoms with E-state index in [0.29, 0.717) is 15.7 Å². The molecule has 7 heteroatoms. The van der Waals surface area contributed by atoms with Crippen LogP contribution in [0.5, 0.6) is 0 Å². The number of H-pyrrole nitrogens is 1. The Balaban J connectivity index is 2.22. The third kappa shape index (κ3) is 2.44. The number of aromatic nitrogens is 4. The van der Waals surface area contributed by atoms with E-state index in [2.05, 4.69) is 15.2 Å². The number of ketones is 1. The fraction of sp³-hybridized carbons (Fsp3) is 0.200. The predicted molar refractivity (Wildman–Crippen MR) is 62.2 cm³/mol. The van der Waals surface area contributed by atoms with Crippen LogP contribution >= 0.6 is 11.8 Å². The number of rotatable bonds is 3. The maximum atomic E-state index is 11.1. The van der Waals surface area contributed by atoms with Crippen molar-refractivity contribution in [2.45, 2.75) is 17.1 Å². The first-order valence-electron chi connectivity index (χ1n) is 4.84. The molecule has 17 heavy (non-hydrogen) atoms. The van der Waals surface area contributed by atoms with Crippen LogP contribution in [-0.2, 0) is 7.05 Å². The lowest BCUT2D eigenvalue weighted by Gasteiger charge is -2.00. The van der Waals surface area contributed by atoms with Gasteiger partial charge in [-0.25, -0.2) is 14.9 Å². The normalized spacial score (nSPS) is 10.5. The first kappa shape index (κ1) is 11.6. The van der Waals surface area contributed by atoms with Gasteiger partial charge >= 0.3 is 5.69 Å². The molecular weight excluding hydrogens is 240 g/mol. The SMILES string of the molecule is CC(=O)c1ccc(Sc2n[nH]c(=O)n2C)nc1. The second kappa shape index (κ2) is 4.54. The van der Waals surface area contributed by atoms with Crippen LogP contribution < -0.4 is 5.69 Å². The van der Waals surface area contributed by atoms with E-state index in [9.17, 15) is 9.59 Å². The largest absolute Gasteiger partial charge is 0.343 e. The smallest absolute Gasteiger partial charge is 0.294 e. The Bertz CT molecular complexity index is 600. The van der Waals surface area contributed by atoms with Gasteiger partial charge in [0, 0.05) is 18.8 Å². The average molecular weight is 250 g/mol. The Morgan fingerprint density at radius 1 is 1.47 bits per heavy atom. The van der Waals surface area contributed by atoms with Crippen LogP contribution in [-0.4, -0.2) is 25.5 Å². The lowest BCUT2D eigenvalue weighted by molar-refractivity contribution is 0.101. The summed E-state index contributed by atoms with van der Waals surface area (Å²) >= 11 is 1.25. The van der Waals surface area contributed by atoms with Gasteiger partial charge in [0.05, 0.1) is 0 Å². The Hall–Kier alpha value is -1.89. The van der Waals surface area contributed by atoms with E-state index >= 15 is 0 Å². The summed E-state index contributed by atoms with van der Waals surface area (Å²) in [5.41, 5.74) is 0.290. The van der Waals surface area contributed by atoms with Crippen molar-refractivity contribution in [3.8, 4) is 0 Å². The van der Waals surface area contributed by atoms with Crippen molar-refractivity contribution in [2.24, 2.45) is 7.05 Å². The number of pyridine rings is 1. The van der Waals surface area contributed by atoms with Gasteiger partial charge in [-0.15, -0.1) is 5.10 Å². The quantitative estimate of drug-likeness (QED) is 0.817. The van der Waals surface area contributed by atoms with Crippen LogP contribution in [0.25, 0.3) is 0 Å². The summed E-state index contributed by atoms with van der Waals surface area (Å²) in [5.74, 6) is -0.0266. The lowest BCUT2D eigenvalue weighted by atomic mass is 10.2. The number of nitrogens with one attached hydrogen (secondary N) is 1. The zero-order valence-electron chi connectivity index (χ0n) is 9.30. The Kier molecular flexibility index (Phi) is 3.10. The predicted octanol–water partition coefficient (Wildman–Crippen LogP) is 0.857. The average Bonchev–Trinajstić information content (AvgIpc) is 2.62. The third-order valence-corrected chi connectivity index (χ3v) is 3.18. The van der Waals surface area contributed by atoms with Crippen molar-refractivity contribution in [1.29, 1.82) is 0 Å². The summed E-state index contributed by atoms with van der Waals surface area (Å²) in [6, 6.07) is 3.42. The molecule has 0 fully saturated rings. The van der Waals surface area contributed by atoms with E-state index in [1.807, 2.05) is 0 Å². The van der Waals surface area contributed by atoms with E-state index < -0.39 is 0 Å². The Morgan fingerprint density at radius 2 is 2.24 bits per heavy atom. The second-order valence-electron chi connectivity index (χ2n) is 3.41. The number of aromatic amines is 1. The van der Waals surface area contributed by atoms with Crippen LogP contribution in [0.4, 0.5) is 0 Å². The number of hydrogen-bond acceptors (Lipinski definition) is 5. The molecule has 88 valence electrons. The van der Waals surface area contributed by atoms with Crippen molar-refractivity contribution in [3.63, 3.8) is 0 Å². The monoisotopic (exact) mass is 250 g/mol. The molecule has 0 aromatic carbocycles. The van der Waals surface area contributed by atoms with Crippen molar-refractivity contribution >= 4 is 17.5 Å². The Morgan fingerprint density at radius 3 is 2.71 bits per heavy atom. The van der Waals surface area contributed by atoms with Crippen LogP contribution in [0.3, 0.4) is 0 Å². The molecule has 2 aromatic rings. The van der Waals surface area contributed by atoms with Gasteiger partial charge in [0.15, 0.2) is 10.9 Å². The molecule has 0 unspecified atom stereocenters. The maximum Gasteiger partial charge on any atom is 0.343 e. The summed E-state index contributed by atoms with van der Waals surface area (Å²) < 4.78 is 1.39. The number of carbonyl (C=O) groups excluding carboxylic acids is 1. The van der Waals surface area contributed by atoms with Gasteiger partial charge in [-0.1, -0.05) is 0 Å². The van der Waals surface area contributed by atoms with Gasteiger partial charge in [0.1, 0.15) is 5.03 Å². The molecule has 6 nitrogen and oxygen atoms in total. The number of carbonyl (C=O) groups is 1. The summed E-state index contributed by atoms with van der Waals surface area (Å²) in [4.78, 5) is 26.3. The Labute approximate surface area is 101 Å². The van der Waals surface area contributed by atoms with Crippen molar-refractivity contribution < 1.29 is 4.79 Å². The van der Waals surface area contributed by atoms with Gasteiger partial charge in [-0.2, -0.15) is 0 Å². The first-order chi connectivity index (χ1) is 8.08. The van der Waals surface area contributed by atoms with E-state index in [1.54, 1.807) is 19.2 Å². The number of hydrogen-bond donors (Lipinski definition) is 1. The minimum absolute atomic E-state index is 0.0266. The summed E-state index contributed by atoms with van der Waals surface area (Å²) in [6.45, 7) is 1.49. The molecule has 0 aliphatic heterocycles. The molecule has 0 aliphatic rings. The van der Waals surface area contributed by atoms with E-state index in [1.165, 1.54) is 29.4 Å². The van der Waals surface area contributed by atoms with Gasteiger partial charge in [-0.3, -0.25) is 9.36 Å². The lowest BCUT2D eigenvalue weighted by Crippen LogP contribution is -2.12. The summed E-state index contributed by atoms with van der Waals surface area (Å²) in [5, 5.41) is 7.39. The highest BCUT2D eigenvalue weighted by Crippen LogP contribution is 2.22. The van der Waals surface area contributed by atoms with Gasteiger partial charge < -0.3 is 0 Å². The zero-order valence-corrected chi connectivity index (χ0v) is 10.1. The van der Waals surface area contributed by atoms with Crippen molar-refractivity contribution in [1.82, 2.24) is 19.7 Å². The van der Waals surface area contributed by atoms with Gasteiger partial charge in [0.2, 0.25) is 0 Å². The molecular formula is C10H10N4O2S. The molecule has 0 radical (unpaired) electrons. The zero-order chi connectivity index (χ0) is 12.4. The molecule has 2 rings (SSSR count). The number of nitrogens with zero attached hydrogens (tertiary/aromatic N) is 3. The van der Waals surface area contributed by atoms with Crippen molar-refractivity contribution in [2.75, 3.05) is 0 Å². The van der Waals surface area contributed by atoms with E-state index in [0.717, 1.165) is 0 Å². The molecule has 0 saturated carbocycles. The third-order valence-electron chi connectivity index (χ3n) is 2.18. The summed E-state index contributed by atoms with van der Waals surface area (Å²) in [6.07, 6.45) is 1.51. The van der Waals surface area contributed by atoms with Crippen LogP contribution in [0.15, 0.2) is 33.3 Å². The minimum atomic E-state index is -0.271. The summed E-state index contributed by atoms with van der Waals surface area (Å²) in [7, 11) is 1.62. The molecule has 0 bridgehead atoms. The molecule has 2 heterocycles. The highest BCUT2D eigenvalue weighted by molar-refractivity contribution is 7.99. The topological polar surface area (TPSA) is 80.6 Å². The van der Waals surface area contributed by atoms with Crippen LogP contribution in [0.1, 0.15) is 17.3 Å². The maximum absolute atomic E-state index is 11.1. The molecule has 0 aliphatic carbocycles. The fourth-order valence-corrected chi connectivity index (χ4v) is 1.91. The highest BCUT2D eigenvalue weighted by Gasteiger charge is 2.07. The van der Waals surface area contributed by atoms with Crippen molar-refractivity contribution in [3.05, 3.63) is 34.4 Å².